The summed E-state index contributed by atoms with van der Waals surface area (Å²) >= 11 is 0. The number of hydrogen-bond acceptors (Lipinski definition) is 3. The molecule has 0 fully saturated rings. The quantitative estimate of drug-likeness (QED) is 0.237. The highest BCUT2D eigenvalue weighted by atomic mass is 31.1. The second kappa shape index (κ2) is 10.9. The molecule has 32 heavy (non-hydrogen) atoms. The number of methoxy groups -OCH3 is 1. The lowest BCUT2D eigenvalue weighted by molar-refractivity contribution is 0.0519. The van der Waals surface area contributed by atoms with Gasteiger partial charge in [0, 0.05) is 30.3 Å². The van der Waals surface area contributed by atoms with Crippen molar-refractivity contribution in [2.75, 3.05) is 18.8 Å². The predicted octanol–water partition coefficient (Wildman–Crippen LogP) is 5.95. The fraction of sp³-hybridized carbons (Fsp3) is 0.143. The van der Waals surface area contributed by atoms with Gasteiger partial charge >= 0.3 is 0 Å². The lowest BCUT2D eigenvalue weighted by Crippen LogP contribution is -2.22. The zero-order chi connectivity index (χ0) is 22.2. The van der Waals surface area contributed by atoms with E-state index in [9.17, 15) is 0 Å². The summed E-state index contributed by atoms with van der Waals surface area (Å²) in [4.78, 5) is 2.37. The number of rotatable bonds is 9. The molecule has 162 valence electrons. The second-order valence-corrected chi connectivity index (χ2v) is 8.83. The Kier molecular flexibility index (Phi) is 7.55. The molecule has 0 N–H and O–H groups in total. The normalized spacial score (nSPS) is 11.1. The van der Waals surface area contributed by atoms with Gasteiger partial charge in [0.25, 0.3) is 0 Å². The summed E-state index contributed by atoms with van der Waals surface area (Å²) in [7, 11) is 2.14. The van der Waals surface area contributed by atoms with Crippen LogP contribution in [0.2, 0.25) is 0 Å². The van der Waals surface area contributed by atoms with Crippen molar-refractivity contribution < 1.29 is 9.47 Å². The highest BCUT2D eigenvalue weighted by molar-refractivity contribution is 7.56. The molecule has 0 saturated heterocycles. The second-order valence-electron chi connectivity index (χ2n) is 7.54. The van der Waals surface area contributed by atoms with Crippen LogP contribution < -0.4 is 20.2 Å². The third-order valence-electron chi connectivity index (χ3n) is 5.30. The first-order valence-electron chi connectivity index (χ1n) is 10.7. The highest BCUT2D eigenvalue weighted by Crippen LogP contribution is 2.29. The van der Waals surface area contributed by atoms with Gasteiger partial charge in [0.2, 0.25) is 0 Å². The van der Waals surface area contributed by atoms with Gasteiger partial charge in [-0.05, 0) is 53.7 Å². The molecule has 0 aliphatic carbocycles. The van der Waals surface area contributed by atoms with Gasteiger partial charge in [0.15, 0.2) is 6.79 Å². The van der Waals surface area contributed by atoms with Crippen molar-refractivity contribution >= 4 is 30.6 Å². The Morgan fingerprint density at radius 3 is 2.00 bits per heavy atom. The van der Waals surface area contributed by atoms with E-state index < -0.39 is 0 Å². The Morgan fingerprint density at radius 1 is 0.719 bits per heavy atom. The Bertz CT molecular complexity index is 1090. The van der Waals surface area contributed by atoms with E-state index in [4.69, 9.17) is 9.47 Å². The van der Waals surface area contributed by atoms with Gasteiger partial charge in [-0.25, -0.2) is 0 Å². The lowest BCUT2D eigenvalue weighted by atomic mass is 10.1. The Balaban J connectivity index is 1.70. The van der Waals surface area contributed by atoms with E-state index in [1.165, 1.54) is 33.1 Å². The molecule has 1 atom stereocenters. The van der Waals surface area contributed by atoms with Crippen LogP contribution in [0.5, 0.6) is 5.75 Å². The van der Waals surface area contributed by atoms with Crippen LogP contribution in [-0.2, 0) is 11.3 Å². The minimum absolute atomic E-state index is 0.248. The van der Waals surface area contributed by atoms with Crippen molar-refractivity contribution in [3.8, 4) is 5.75 Å². The van der Waals surface area contributed by atoms with Gasteiger partial charge in [0.1, 0.15) is 5.75 Å². The fourth-order valence-electron chi connectivity index (χ4n) is 3.71. The first kappa shape index (κ1) is 22.1. The smallest absolute Gasteiger partial charge is 0.188 e. The molecule has 0 spiro atoms. The summed E-state index contributed by atoms with van der Waals surface area (Å²) < 4.78 is 11.0. The molecule has 0 aliphatic rings. The van der Waals surface area contributed by atoms with Crippen LogP contribution in [0, 0.1) is 6.92 Å². The number of nitrogens with zero attached hydrogens (tertiary/aromatic N) is 1. The SMILES string of the molecule is COCOc1ccccc1Pc1c(C)cccc1CN(c1ccccc1)c1ccccc1. The van der Waals surface area contributed by atoms with Gasteiger partial charge in [-0.3, -0.25) is 0 Å². The summed E-state index contributed by atoms with van der Waals surface area (Å²) in [5.74, 6) is 0.880. The topological polar surface area (TPSA) is 21.7 Å². The monoisotopic (exact) mass is 441 g/mol. The van der Waals surface area contributed by atoms with E-state index in [2.05, 4.69) is 103 Å². The molecule has 0 saturated carbocycles. The van der Waals surface area contributed by atoms with Crippen molar-refractivity contribution in [1.82, 2.24) is 0 Å². The first-order chi connectivity index (χ1) is 15.8. The molecule has 4 rings (SSSR count). The van der Waals surface area contributed by atoms with Crippen LogP contribution in [-0.4, -0.2) is 13.9 Å². The third kappa shape index (κ3) is 5.37. The maximum absolute atomic E-state index is 5.83. The van der Waals surface area contributed by atoms with Crippen molar-refractivity contribution in [2.45, 2.75) is 13.5 Å². The Labute approximate surface area is 192 Å². The summed E-state index contributed by atoms with van der Waals surface area (Å²) in [6, 6.07) is 36.0. The van der Waals surface area contributed by atoms with E-state index >= 15 is 0 Å². The molecular formula is C28H28NO2P. The molecule has 0 radical (unpaired) electrons. The number of hydrogen-bond donors (Lipinski definition) is 0. The van der Waals surface area contributed by atoms with Gasteiger partial charge < -0.3 is 14.4 Å². The van der Waals surface area contributed by atoms with E-state index in [1.54, 1.807) is 7.11 Å². The molecule has 0 aromatic heterocycles. The van der Waals surface area contributed by atoms with Gasteiger partial charge in [0.05, 0.1) is 0 Å². The molecule has 4 aromatic rings. The predicted molar refractivity (Wildman–Crippen MR) is 136 cm³/mol. The number of para-hydroxylation sites is 3. The van der Waals surface area contributed by atoms with Crippen molar-refractivity contribution in [2.24, 2.45) is 0 Å². The fourth-order valence-corrected chi connectivity index (χ4v) is 5.04. The van der Waals surface area contributed by atoms with Crippen molar-refractivity contribution in [1.29, 1.82) is 0 Å². The van der Waals surface area contributed by atoms with E-state index in [-0.39, 0.29) is 6.79 Å². The maximum Gasteiger partial charge on any atom is 0.188 e. The largest absolute Gasteiger partial charge is 0.467 e. The molecular weight excluding hydrogens is 413 g/mol. The Hall–Kier alpha value is -3.13. The number of aryl methyl sites for hydroxylation is 1. The maximum atomic E-state index is 5.83. The van der Waals surface area contributed by atoms with E-state index in [1.807, 2.05) is 12.1 Å². The van der Waals surface area contributed by atoms with Crippen LogP contribution in [0.1, 0.15) is 11.1 Å². The van der Waals surface area contributed by atoms with Gasteiger partial charge in [-0.2, -0.15) is 0 Å². The van der Waals surface area contributed by atoms with Crippen molar-refractivity contribution in [3.05, 3.63) is 114 Å². The summed E-state index contributed by atoms with van der Waals surface area (Å²) in [6.07, 6.45) is 0. The lowest BCUT2D eigenvalue weighted by Gasteiger charge is -2.27. The van der Waals surface area contributed by atoms with Gasteiger partial charge in [-0.15, -0.1) is 0 Å². The molecule has 0 bridgehead atoms. The van der Waals surface area contributed by atoms with Gasteiger partial charge in [-0.1, -0.05) is 81.4 Å². The molecule has 1 unspecified atom stereocenters. The molecule has 4 heteroatoms. The molecule has 0 aliphatic heterocycles. The van der Waals surface area contributed by atoms with Crippen molar-refractivity contribution in [3.63, 3.8) is 0 Å². The zero-order valence-electron chi connectivity index (χ0n) is 18.5. The first-order valence-corrected chi connectivity index (χ1v) is 11.7. The van der Waals surface area contributed by atoms with E-state index in [0.29, 0.717) is 8.58 Å². The highest BCUT2D eigenvalue weighted by Gasteiger charge is 2.15. The molecule has 4 aromatic carbocycles. The van der Waals surface area contributed by atoms with Crippen LogP contribution in [0.25, 0.3) is 0 Å². The standard InChI is InChI=1S/C28H28NO2P/c1-22-12-11-13-23(28(22)32-27-19-10-9-18-26(27)31-21-30-2)20-29(24-14-5-3-6-15-24)25-16-7-4-8-17-25/h3-19,32H,20-21H2,1-2H3. The molecule has 3 nitrogen and oxygen atoms in total. The number of benzene rings is 4. The third-order valence-corrected chi connectivity index (χ3v) is 6.95. The summed E-state index contributed by atoms with van der Waals surface area (Å²) in [5.41, 5.74) is 4.97. The summed E-state index contributed by atoms with van der Waals surface area (Å²) in [6.45, 7) is 3.23. The average molecular weight is 442 g/mol. The zero-order valence-corrected chi connectivity index (χ0v) is 19.5. The molecule has 0 heterocycles. The Morgan fingerprint density at radius 2 is 1.34 bits per heavy atom. The number of ether oxygens (including phenoxy) is 2. The van der Waals surface area contributed by atoms with Crippen LogP contribution in [0.15, 0.2) is 103 Å². The number of anilines is 2. The molecule has 0 amide bonds. The summed E-state index contributed by atoms with van der Waals surface area (Å²) in [5, 5.41) is 2.55. The average Bonchev–Trinajstić information content (AvgIpc) is 2.85. The minimum atomic E-state index is 0.248. The van der Waals surface area contributed by atoms with E-state index in [0.717, 1.165) is 12.3 Å². The van der Waals surface area contributed by atoms with Crippen LogP contribution >= 0.6 is 8.58 Å². The van der Waals surface area contributed by atoms with Crippen LogP contribution in [0.4, 0.5) is 11.4 Å². The minimum Gasteiger partial charge on any atom is -0.467 e. The van der Waals surface area contributed by atoms with Crippen LogP contribution in [0.3, 0.4) is 0 Å².